The molecule has 0 saturated heterocycles. The molecule has 0 unspecified atom stereocenters. The molecule has 0 radical (unpaired) electrons. The molecule has 0 spiro atoms. The number of allylic oxidation sites excluding steroid dienone is 1. The van der Waals surface area contributed by atoms with Crippen molar-refractivity contribution in [2.75, 3.05) is 51.3 Å². The van der Waals surface area contributed by atoms with Gasteiger partial charge in [-0.15, -0.1) is 0 Å². The second-order valence-corrected chi connectivity index (χ2v) is 14.8. The van der Waals surface area contributed by atoms with Crippen molar-refractivity contribution >= 4 is 72.5 Å². The molecule has 6 N–H and O–H groups in total. The van der Waals surface area contributed by atoms with Gasteiger partial charge in [0, 0.05) is 53.1 Å². The van der Waals surface area contributed by atoms with Crippen LogP contribution in [0.15, 0.2) is 27.3 Å². The number of benzene rings is 5. The third-order valence-corrected chi connectivity index (χ3v) is 11.3. The quantitative estimate of drug-likeness (QED) is 0.0297. The third-order valence-electron chi connectivity index (χ3n) is 11.3. The van der Waals surface area contributed by atoms with Crippen molar-refractivity contribution in [3.63, 3.8) is 0 Å². The van der Waals surface area contributed by atoms with Crippen molar-refractivity contribution in [3.8, 4) is 11.5 Å². The highest BCUT2D eigenvalue weighted by Gasteiger charge is 2.53. The number of rotatable bonds is 15. The third kappa shape index (κ3) is 5.53. The Morgan fingerprint density at radius 2 is 1.38 bits per heavy atom. The van der Waals surface area contributed by atoms with Gasteiger partial charge < -0.3 is 50.0 Å². The van der Waals surface area contributed by atoms with Crippen LogP contribution in [0.25, 0.3) is 49.2 Å². The molecule has 0 atom stereocenters. The molecule has 2 fully saturated rings. The van der Waals surface area contributed by atoms with Crippen LogP contribution in [0.5, 0.6) is 11.5 Å². The zero-order valence-electron chi connectivity index (χ0n) is 30.8. The molecule has 55 heavy (non-hydrogen) atoms. The fourth-order valence-corrected chi connectivity index (χ4v) is 8.37. The summed E-state index contributed by atoms with van der Waals surface area (Å²) in [5, 5.41) is 52.4. The van der Waals surface area contributed by atoms with Gasteiger partial charge in [0.2, 0.25) is 5.43 Å². The molecule has 5 aromatic rings. The highest BCUT2D eigenvalue weighted by Crippen LogP contribution is 2.55. The minimum atomic E-state index is -1.18. The van der Waals surface area contributed by atoms with Crippen LogP contribution < -0.4 is 26.2 Å². The van der Waals surface area contributed by atoms with E-state index in [1.165, 1.54) is 20.3 Å². The SMILES string of the molecule is COCCOC(=O)C1(Nc2c(O)c3c(=O)cc(CO)c4c5c(CO)cc(NC6(C(=O)OCCCO)CC6)c6c(=O)c(OC)c7c(c(c2C=C(C)C7)c34)c65)CC1. The fraction of sp³-hybridized carbons (Fsp3) is 0.415. The van der Waals surface area contributed by atoms with Gasteiger partial charge in [-0.2, -0.15) is 0 Å². The monoisotopic (exact) mass is 754 g/mol. The lowest BCUT2D eigenvalue weighted by atomic mass is 9.81. The van der Waals surface area contributed by atoms with Gasteiger partial charge in [-0.1, -0.05) is 11.6 Å². The predicted octanol–water partition coefficient (Wildman–Crippen LogP) is 3.56. The standard InChI is InChI=1S/C41H42N2O12/c1-19-13-22-28-29-23(14-19)37(53-3)36(49)30-24(42-40(5-6-40)38(50)54-10-4-9-44)15-20(17-45)26(32(29)30)27-21(18-46)16-25(47)31(33(27)28)35(48)34(22)43-41(7-8-41)39(51)55-12-11-52-2/h13,15-16,42-46,48H,4-12,14,17-18H2,1-3H3. The van der Waals surface area contributed by atoms with Crippen molar-refractivity contribution in [2.24, 2.45) is 0 Å². The highest BCUT2D eigenvalue weighted by atomic mass is 16.6. The summed E-state index contributed by atoms with van der Waals surface area (Å²) in [4.78, 5) is 55.7. The van der Waals surface area contributed by atoms with Gasteiger partial charge in [-0.05, 0) is 78.4 Å². The van der Waals surface area contributed by atoms with Crippen LogP contribution >= 0.6 is 0 Å². The van der Waals surface area contributed by atoms with Gasteiger partial charge in [0.15, 0.2) is 16.9 Å². The largest absolute Gasteiger partial charge is 0.505 e. The molecule has 0 heterocycles. The number of ether oxygens (including phenoxy) is 4. The summed E-state index contributed by atoms with van der Waals surface area (Å²) in [7, 11) is 2.89. The number of esters is 2. The lowest BCUT2D eigenvalue weighted by Crippen LogP contribution is -2.34. The average Bonchev–Trinajstić information content (AvgIpc) is 4.11. The number of aromatic hydroxyl groups is 1. The van der Waals surface area contributed by atoms with Gasteiger partial charge >= 0.3 is 11.9 Å². The van der Waals surface area contributed by atoms with E-state index in [4.69, 9.17) is 18.9 Å². The van der Waals surface area contributed by atoms with Crippen LogP contribution in [0, 0.1) is 0 Å². The normalized spacial score (nSPS) is 16.4. The maximum Gasteiger partial charge on any atom is 0.331 e. The van der Waals surface area contributed by atoms with Gasteiger partial charge in [-0.3, -0.25) is 9.59 Å². The number of nitrogens with one attached hydrogen (secondary N) is 2. The zero-order valence-corrected chi connectivity index (χ0v) is 30.8. The van der Waals surface area contributed by atoms with E-state index in [1.807, 2.05) is 13.0 Å². The Labute approximate surface area is 313 Å². The van der Waals surface area contributed by atoms with Crippen LogP contribution in [0.4, 0.5) is 11.4 Å². The average molecular weight is 755 g/mol. The molecule has 14 heteroatoms. The summed E-state index contributed by atoms with van der Waals surface area (Å²) in [5.74, 6) is -1.41. The van der Waals surface area contributed by atoms with Gasteiger partial charge in [-0.25, -0.2) is 9.59 Å². The highest BCUT2D eigenvalue weighted by molar-refractivity contribution is 6.39. The Morgan fingerprint density at radius 3 is 1.98 bits per heavy atom. The predicted molar refractivity (Wildman–Crippen MR) is 205 cm³/mol. The second-order valence-electron chi connectivity index (χ2n) is 14.8. The molecule has 8 rings (SSSR count). The number of carbonyl (C=O) groups excluding carboxylic acids is 2. The maximum atomic E-state index is 14.8. The first-order valence-electron chi connectivity index (χ1n) is 18.3. The molecule has 14 nitrogen and oxygen atoms in total. The zero-order chi connectivity index (χ0) is 39.0. The van der Waals surface area contributed by atoms with Crippen LogP contribution in [0.1, 0.15) is 61.3 Å². The Bertz CT molecular complexity index is 2570. The molecular weight excluding hydrogens is 712 g/mol. The van der Waals surface area contributed by atoms with Crippen molar-refractivity contribution in [3.05, 3.63) is 60.4 Å². The van der Waals surface area contributed by atoms with E-state index in [2.05, 4.69) is 10.6 Å². The Kier molecular flexibility index (Phi) is 8.99. The van der Waals surface area contributed by atoms with Crippen molar-refractivity contribution in [1.82, 2.24) is 0 Å². The minimum absolute atomic E-state index is 0.0193. The number of hydrogen-bond donors (Lipinski definition) is 6. The number of fused-ring (bicyclic) bond motifs is 1. The molecule has 0 aliphatic heterocycles. The van der Waals surface area contributed by atoms with Crippen LogP contribution in [0.2, 0.25) is 0 Å². The first kappa shape index (κ1) is 36.7. The topological polar surface area (TPSA) is 210 Å². The Hall–Kier alpha value is -5.28. The van der Waals surface area contributed by atoms with Crippen LogP contribution in [-0.4, -0.2) is 84.1 Å². The molecule has 0 bridgehead atoms. The van der Waals surface area contributed by atoms with E-state index >= 15 is 0 Å². The molecular formula is C41H42N2O12. The Balaban J connectivity index is 1.51. The lowest BCUT2D eigenvalue weighted by molar-refractivity contribution is -0.147. The molecule has 3 aliphatic rings. The summed E-state index contributed by atoms with van der Waals surface area (Å²) in [6.07, 6.45) is 3.99. The van der Waals surface area contributed by atoms with Crippen molar-refractivity contribution < 1.29 is 49.0 Å². The van der Waals surface area contributed by atoms with E-state index in [9.17, 15) is 39.6 Å². The number of hydrogen-bond acceptors (Lipinski definition) is 14. The molecule has 2 saturated carbocycles. The summed E-state index contributed by atoms with van der Waals surface area (Å²) < 4.78 is 21.9. The van der Waals surface area contributed by atoms with E-state index in [0.29, 0.717) is 74.7 Å². The number of phenols is 1. The van der Waals surface area contributed by atoms with E-state index < -0.39 is 47.1 Å². The van der Waals surface area contributed by atoms with Gasteiger partial charge in [0.1, 0.15) is 17.7 Å². The molecule has 3 aliphatic carbocycles. The smallest absolute Gasteiger partial charge is 0.331 e. The lowest BCUT2D eigenvalue weighted by Gasteiger charge is -2.27. The number of methoxy groups -OCH3 is 2. The summed E-state index contributed by atoms with van der Waals surface area (Å²) >= 11 is 0. The first-order valence-corrected chi connectivity index (χ1v) is 18.3. The van der Waals surface area contributed by atoms with Crippen LogP contribution in [-0.2, 0) is 43.4 Å². The van der Waals surface area contributed by atoms with E-state index in [0.717, 1.165) is 5.57 Å². The second kappa shape index (κ2) is 13.5. The number of aliphatic hydroxyl groups is 3. The van der Waals surface area contributed by atoms with E-state index in [-0.39, 0.29) is 78.5 Å². The first-order chi connectivity index (χ1) is 26.5. The van der Waals surface area contributed by atoms with Crippen molar-refractivity contribution in [1.29, 1.82) is 0 Å². The fourth-order valence-electron chi connectivity index (χ4n) is 8.37. The summed E-state index contributed by atoms with van der Waals surface area (Å²) in [5.41, 5.74) is -0.655. The summed E-state index contributed by atoms with van der Waals surface area (Å²) in [6, 6.07) is 2.84. The van der Waals surface area contributed by atoms with Crippen LogP contribution in [0.3, 0.4) is 0 Å². The van der Waals surface area contributed by atoms with Crippen molar-refractivity contribution in [2.45, 2.75) is 69.7 Å². The van der Waals surface area contributed by atoms with Gasteiger partial charge in [0.25, 0.3) is 0 Å². The number of aliphatic hydroxyl groups excluding tert-OH is 3. The molecule has 0 aromatic heterocycles. The number of carbonyl (C=O) groups is 2. The molecule has 0 amide bonds. The number of phenolic OH excluding ortho intramolecular Hbond substituents is 1. The maximum absolute atomic E-state index is 14.8. The molecule has 288 valence electrons. The summed E-state index contributed by atoms with van der Waals surface area (Å²) in [6.45, 7) is 0.875. The Morgan fingerprint density at radius 1 is 0.764 bits per heavy atom. The van der Waals surface area contributed by atoms with E-state index in [1.54, 1.807) is 6.07 Å². The number of anilines is 2. The molecule has 5 aromatic carbocycles. The van der Waals surface area contributed by atoms with Gasteiger partial charge in [0.05, 0.1) is 50.0 Å². The minimum Gasteiger partial charge on any atom is -0.505 e.